The highest BCUT2D eigenvalue weighted by Gasteiger charge is 2.26. The number of aromatic nitrogens is 2. The van der Waals surface area contributed by atoms with E-state index >= 15 is 0 Å². The summed E-state index contributed by atoms with van der Waals surface area (Å²) in [5, 5.41) is 0. The van der Waals surface area contributed by atoms with Crippen LogP contribution in [0.2, 0.25) is 0 Å². The Morgan fingerprint density at radius 3 is 2.56 bits per heavy atom. The van der Waals surface area contributed by atoms with Gasteiger partial charge in [-0.1, -0.05) is 19.1 Å². The van der Waals surface area contributed by atoms with Crippen LogP contribution < -0.4 is 14.5 Å². The van der Waals surface area contributed by atoms with Crippen LogP contribution in [0.25, 0.3) is 0 Å². The lowest BCUT2D eigenvalue weighted by molar-refractivity contribution is -0.155. The first-order chi connectivity index (χ1) is 16.3. The maximum atomic E-state index is 12.1. The molecule has 0 aliphatic carbocycles. The van der Waals surface area contributed by atoms with Gasteiger partial charge in [-0.25, -0.2) is 4.98 Å². The van der Waals surface area contributed by atoms with E-state index in [0.717, 1.165) is 55.7 Å². The molecule has 0 bridgehead atoms. The second kappa shape index (κ2) is 10.6. The van der Waals surface area contributed by atoms with Gasteiger partial charge >= 0.3 is 5.97 Å². The molecule has 0 unspecified atom stereocenters. The van der Waals surface area contributed by atoms with Gasteiger partial charge in [0.1, 0.15) is 23.3 Å². The van der Waals surface area contributed by atoms with Crippen LogP contribution in [0.3, 0.4) is 0 Å². The Morgan fingerprint density at radius 2 is 1.85 bits per heavy atom. The van der Waals surface area contributed by atoms with E-state index in [-0.39, 0.29) is 18.0 Å². The molecule has 0 N–H and O–H groups in total. The average molecular weight is 469 g/mol. The van der Waals surface area contributed by atoms with E-state index in [9.17, 15) is 4.79 Å². The third kappa shape index (κ3) is 6.59. The molecule has 2 fully saturated rings. The van der Waals surface area contributed by atoms with Crippen LogP contribution in [0, 0.1) is 0 Å². The minimum atomic E-state index is -0.459. The van der Waals surface area contributed by atoms with Gasteiger partial charge in [-0.2, -0.15) is 4.98 Å². The van der Waals surface area contributed by atoms with Crippen molar-refractivity contribution in [2.45, 2.75) is 58.2 Å². The van der Waals surface area contributed by atoms with Crippen molar-refractivity contribution in [1.82, 2.24) is 9.97 Å². The van der Waals surface area contributed by atoms with E-state index in [2.05, 4.69) is 14.8 Å². The molecule has 3 heterocycles. The van der Waals surface area contributed by atoms with E-state index in [1.165, 1.54) is 0 Å². The zero-order valence-electron chi connectivity index (χ0n) is 20.7. The van der Waals surface area contributed by atoms with Crippen LogP contribution in [0.5, 0.6) is 5.75 Å². The van der Waals surface area contributed by atoms with Crippen molar-refractivity contribution in [3.63, 3.8) is 0 Å². The topological polar surface area (TPSA) is 77.0 Å². The summed E-state index contributed by atoms with van der Waals surface area (Å²) in [5.74, 6) is 2.46. The lowest BCUT2D eigenvalue weighted by Gasteiger charge is -2.27. The SMILES string of the molecule is C[C@H](CC(=O)OC(C)(C)C)c1ccc(O[C@@H]2CCN(c3ccnc(N4CCOCC4)n3)C2)cc1. The number of anilines is 2. The van der Waals surface area contributed by atoms with E-state index in [0.29, 0.717) is 19.6 Å². The summed E-state index contributed by atoms with van der Waals surface area (Å²) in [6.07, 6.45) is 3.24. The van der Waals surface area contributed by atoms with Gasteiger partial charge in [0, 0.05) is 32.3 Å². The molecule has 1 aromatic carbocycles. The highest BCUT2D eigenvalue weighted by atomic mass is 16.6. The molecule has 2 saturated heterocycles. The fourth-order valence-corrected chi connectivity index (χ4v) is 4.28. The highest BCUT2D eigenvalue weighted by Crippen LogP contribution is 2.26. The molecule has 0 spiro atoms. The molecule has 2 aromatic rings. The number of rotatable bonds is 7. The van der Waals surface area contributed by atoms with E-state index in [4.69, 9.17) is 19.2 Å². The number of morpholine rings is 1. The summed E-state index contributed by atoms with van der Waals surface area (Å²) in [5.41, 5.74) is 0.641. The second-order valence-corrected chi connectivity index (χ2v) is 10.0. The summed E-state index contributed by atoms with van der Waals surface area (Å²) in [6.45, 7) is 12.5. The van der Waals surface area contributed by atoms with Gasteiger partial charge in [-0.3, -0.25) is 4.79 Å². The van der Waals surface area contributed by atoms with Gasteiger partial charge in [0.15, 0.2) is 0 Å². The van der Waals surface area contributed by atoms with Crippen molar-refractivity contribution in [2.24, 2.45) is 0 Å². The molecule has 4 rings (SSSR count). The molecule has 2 aliphatic rings. The molecule has 184 valence electrons. The van der Waals surface area contributed by atoms with Crippen LogP contribution in [0.1, 0.15) is 52.0 Å². The Labute approximate surface area is 202 Å². The van der Waals surface area contributed by atoms with Gasteiger partial charge in [0.2, 0.25) is 5.95 Å². The molecule has 1 aromatic heterocycles. The highest BCUT2D eigenvalue weighted by molar-refractivity contribution is 5.71. The normalized spacial score (nSPS) is 19.7. The average Bonchev–Trinajstić information content (AvgIpc) is 3.27. The first-order valence-electron chi connectivity index (χ1n) is 12.2. The lowest BCUT2D eigenvalue weighted by Crippen LogP contribution is -2.37. The van der Waals surface area contributed by atoms with Crippen LogP contribution >= 0.6 is 0 Å². The number of carbonyl (C=O) groups excluding carboxylic acids is 1. The molecule has 0 saturated carbocycles. The van der Waals surface area contributed by atoms with Gasteiger partial charge in [0.25, 0.3) is 0 Å². The van der Waals surface area contributed by atoms with Crippen LogP contribution in [-0.4, -0.2) is 67.0 Å². The predicted molar refractivity (Wildman–Crippen MR) is 132 cm³/mol. The van der Waals surface area contributed by atoms with Crippen molar-refractivity contribution >= 4 is 17.7 Å². The van der Waals surface area contributed by atoms with E-state index in [1.807, 2.05) is 64.2 Å². The fourth-order valence-electron chi connectivity index (χ4n) is 4.28. The first-order valence-corrected chi connectivity index (χ1v) is 12.2. The van der Waals surface area contributed by atoms with Gasteiger partial charge in [0.05, 0.1) is 26.2 Å². The molecular weight excluding hydrogens is 432 g/mol. The molecule has 8 heteroatoms. The third-order valence-corrected chi connectivity index (χ3v) is 6.04. The molecule has 2 atom stereocenters. The van der Waals surface area contributed by atoms with Gasteiger partial charge < -0.3 is 24.0 Å². The van der Waals surface area contributed by atoms with Crippen LogP contribution in [-0.2, 0) is 14.3 Å². The number of esters is 1. The number of hydrogen-bond donors (Lipinski definition) is 0. The fraction of sp³-hybridized carbons (Fsp3) is 0.577. The molecule has 2 aliphatic heterocycles. The Morgan fingerprint density at radius 1 is 1.12 bits per heavy atom. The van der Waals surface area contributed by atoms with Crippen LogP contribution in [0.15, 0.2) is 36.5 Å². The summed E-state index contributed by atoms with van der Waals surface area (Å²) in [7, 11) is 0. The van der Waals surface area contributed by atoms with Crippen molar-refractivity contribution < 1.29 is 19.0 Å². The van der Waals surface area contributed by atoms with E-state index in [1.54, 1.807) is 0 Å². The van der Waals surface area contributed by atoms with E-state index < -0.39 is 5.60 Å². The van der Waals surface area contributed by atoms with Crippen molar-refractivity contribution in [1.29, 1.82) is 0 Å². The Balaban J connectivity index is 1.29. The Bertz CT molecular complexity index is 954. The third-order valence-electron chi connectivity index (χ3n) is 6.04. The first kappa shape index (κ1) is 24.3. The number of ether oxygens (including phenoxy) is 3. The van der Waals surface area contributed by atoms with Crippen LogP contribution in [0.4, 0.5) is 11.8 Å². The zero-order valence-corrected chi connectivity index (χ0v) is 20.7. The minimum absolute atomic E-state index is 0.0873. The maximum Gasteiger partial charge on any atom is 0.306 e. The number of hydrogen-bond acceptors (Lipinski definition) is 8. The molecule has 0 radical (unpaired) electrons. The lowest BCUT2D eigenvalue weighted by atomic mass is 9.98. The maximum absolute atomic E-state index is 12.1. The van der Waals surface area contributed by atoms with Gasteiger partial charge in [-0.05, 0) is 50.5 Å². The van der Waals surface area contributed by atoms with Crippen molar-refractivity contribution in [3.8, 4) is 5.75 Å². The monoisotopic (exact) mass is 468 g/mol. The zero-order chi connectivity index (χ0) is 24.1. The second-order valence-electron chi connectivity index (χ2n) is 10.0. The Kier molecular flexibility index (Phi) is 7.56. The summed E-state index contributed by atoms with van der Waals surface area (Å²) in [6, 6.07) is 10.0. The largest absolute Gasteiger partial charge is 0.489 e. The van der Waals surface area contributed by atoms with Crippen molar-refractivity contribution in [3.05, 3.63) is 42.1 Å². The predicted octanol–water partition coefficient (Wildman–Crippen LogP) is 3.81. The summed E-state index contributed by atoms with van der Waals surface area (Å²) < 4.78 is 17.1. The smallest absolute Gasteiger partial charge is 0.306 e. The standard InChI is InChI=1S/C26H36N4O4/c1-19(17-24(31)34-26(2,3)4)20-5-7-21(8-6-20)33-22-10-12-30(18-22)23-9-11-27-25(28-23)29-13-15-32-16-14-29/h5-9,11,19,22H,10,12-18H2,1-4H3/t19-,22-/m1/s1. The number of nitrogens with zero attached hydrogens (tertiary/aromatic N) is 4. The molecular formula is C26H36N4O4. The molecule has 8 nitrogen and oxygen atoms in total. The summed E-state index contributed by atoms with van der Waals surface area (Å²) in [4.78, 5) is 25.8. The minimum Gasteiger partial charge on any atom is -0.489 e. The summed E-state index contributed by atoms with van der Waals surface area (Å²) >= 11 is 0. The quantitative estimate of drug-likeness (QED) is 0.568. The van der Waals surface area contributed by atoms with Gasteiger partial charge in [-0.15, -0.1) is 0 Å². The number of carbonyl (C=O) groups is 1. The number of benzene rings is 1. The van der Waals surface area contributed by atoms with Crippen molar-refractivity contribution in [2.75, 3.05) is 49.2 Å². The Hall–Kier alpha value is -2.87. The molecule has 0 amide bonds. The molecule has 34 heavy (non-hydrogen) atoms.